The SMILES string of the molecule is CC(C)(C)N1CCOC2(CN(C3COC3)C2)C1. The van der Waals surface area contributed by atoms with E-state index in [1.54, 1.807) is 0 Å². The van der Waals surface area contributed by atoms with Crippen molar-refractivity contribution in [2.75, 3.05) is 46.0 Å². The van der Waals surface area contributed by atoms with Crippen LogP contribution in [0.5, 0.6) is 0 Å². The summed E-state index contributed by atoms with van der Waals surface area (Å²) in [7, 11) is 0. The lowest BCUT2D eigenvalue weighted by atomic mass is 9.88. The molecule has 0 bridgehead atoms. The molecule has 3 aliphatic heterocycles. The van der Waals surface area contributed by atoms with Gasteiger partial charge >= 0.3 is 0 Å². The van der Waals surface area contributed by atoms with Gasteiger partial charge in [-0.2, -0.15) is 0 Å². The van der Waals surface area contributed by atoms with E-state index in [-0.39, 0.29) is 11.1 Å². The second kappa shape index (κ2) is 3.92. The lowest BCUT2D eigenvalue weighted by Gasteiger charge is -2.58. The minimum absolute atomic E-state index is 0.112. The fourth-order valence-corrected chi connectivity index (χ4v) is 2.99. The van der Waals surface area contributed by atoms with Crippen LogP contribution in [0, 0.1) is 0 Å². The molecule has 0 aromatic rings. The van der Waals surface area contributed by atoms with E-state index in [1.165, 1.54) is 0 Å². The number of hydrogen-bond donors (Lipinski definition) is 0. The molecule has 3 aliphatic rings. The lowest BCUT2D eigenvalue weighted by molar-refractivity contribution is -0.224. The molecule has 0 radical (unpaired) electrons. The highest BCUT2D eigenvalue weighted by Gasteiger charge is 2.51. The Hall–Kier alpha value is -0.160. The van der Waals surface area contributed by atoms with Crippen LogP contribution in [-0.2, 0) is 9.47 Å². The summed E-state index contributed by atoms with van der Waals surface area (Å²) in [6.07, 6.45) is 0. The first-order valence-corrected chi connectivity index (χ1v) is 6.69. The monoisotopic (exact) mass is 240 g/mol. The van der Waals surface area contributed by atoms with Gasteiger partial charge in [0.25, 0.3) is 0 Å². The number of rotatable bonds is 1. The van der Waals surface area contributed by atoms with Gasteiger partial charge in [-0.15, -0.1) is 0 Å². The molecule has 3 fully saturated rings. The number of ether oxygens (including phenoxy) is 2. The van der Waals surface area contributed by atoms with Crippen LogP contribution in [0.4, 0.5) is 0 Å². The second-order valence-corrected chi connectivity index (χ2v) is 6.72. The molecular formula is C13H24N2O2. The fraction of sp³-hybridized carbons (Fsp3) is 1.00. The Balaban J connectivity index is 1.58. The normalized spacial score (nSPS) is 31.2. The zero-order valence-electron chi connectivity index (χ0n) is 11.2. The van der Waals surface area contributed by atoms with Crippen molar-refractivity contribution in [3.8, 4) is 0 Å². The van der Waals surface area contributed by atoms with Crippen molar-refractivity contribution in [1.82, 2.24) is 9.80 Å². The van der Waals surface area contributed by atoms with E-state index < -0.39 is 0 Å². The number of morpholine rings is 1. The summed E-state index contributed by atoms with van der Waals surface area (Å²) in [4.78, 5) is 5.07. The molecule has 17 heavy (non-hydrogen) atoms. The largest absolute Gasteiger partial charge is 0.378 e. The van der Waals surface area contributed by atoms with E-state index in [0.29, 0.717) is 6.04 Å². The fourth-order valence-electron chi connectivity index (χ4n) is 2.99. The van der Waals surface area contributed by atoms with Gasteiger partial charge in [-0.05, 0) is 20.8 Å². The minimum Gasteiger partial charge on any atom is -0.378 e. The highest BCUT2D eigenvalue weighted by molar-refractivity contribution is 5.05. The molecular weight excluding hydrogens is 216 g/mol. The number of nitrogens with zero attached hydrogens (tertiary/aromatic N) is 2. The van der Waals surface area contributed by atoms with Gasteiger partial charge in [0.05, 0.1) is 25.9 Å². The molecule has 4 nitrogen and oxygen atoms in total. The van der Waals surface area contributed by atoms with E-state index >= 15 is 0 Å². The summed E-state index contributed by atoms with van der Waals surface area (Å²) in [5.41, 5.74) is 0.373. The van der Waals surface area contributed by atoms with E-state index in [2.05, 4.69) is 30.6 Å². The molecule has 0 amide bonds. The maximum absolute atomic E-state index is 6.05. The van der Waals surface area contributed by atoms with Gasteiger partial charge in [0.1, 0.15) is 5.60 Å². The van der Waals surface area contributed by atoms with Crippen LogP contribution in [0.25, 0.3) is 0 Å². The summed E-state index contributed by atoms with van der Waals surface area (Å²) >= 11 is 0. The smallest absolute Gasteiger partial charge is 0.106 e. The van der Waals surface area contributed by atoms with E-state index in [4.69, 9.17) is 9.47 Å². The zero-order valence-corrected chi connectivity index (χ0v) is 11.2. The van der Waals surface area contributed by atoms with Crippen LogP contribution in [0.3, 0.4) is 0 Å². The first kappa shape index (κ1) is 11.9. The van der Waals surface area contributed by atoms with Gasteiger partial charge in [0, 0.05) is 31.7 Å². The van der Waals surface area contributed by atoms with E-state index in [0.717, 1.165) is 46.0 Å². The molecule has 0 aliphatic carbocycles. The van der Waals surface area contributed by atoms with Crippen molar-refractivity contribution < 1.29 is 9.47 Å². The molecule has 0 saturated carbocycles. The minimum atomic E-state index is 0.112. The van der Waals surface area contributed by atoms with Crippen molar-refractivity contribution >= 4 is 0 Å². The number of likely N-dealkylation sites (tertiary alicyclic amines) is 1. The van der Waals surface area contributed by atoms with Crippen LogP contribution >= 0.6 is 0 Å². The first-order valence-electron chi connectivity index (χ1n) is 6.69. The van der Waals surface area contributed by atoms with Crippen molar-refractivity contribution in [1.29, 1.82) is 0 Å². The molecule has 0 unspecified atom stereocenters. The Labute approximate surface area is 104 Å². The second-order valence-electron chi connectivity index (χ2n) is 6.72. The van der Waals surface area contributed by atoms with Gasteiger partial charge < -0.3 is 9.47 Å². The first-order chi connectivity index (χ1) is 7.99. The standard InChI is InChI=1S/C13H24N2O2/c1-12(2,3)15-4-5-17-13(10-15)8-14(9-13)11-6-16-7-11/h11H,4-10H2,1-3H3. The number of hydrogen-bond acceptors (Lipinski definition) is 4. The molecule has 0 aromatic heterocycles. The Morgan fingerprint density at radius 2 is 1.82 bits per heavy atom. The molecule has 0 atom stereocenters. The summed E-state index contributed by atoms with van der Waals surface area (Å²) in [5.74, 6) is 0. The predicted octanol–water partition coefficient (Wildman–Crippen LogP) is 0.570. The van der Waals surface area contributed by atoms with E-state index in [1.807, 2.05) is 0 Å². The Bertz CT molecular complexity index is 290. The lowest BCUT2D eigenvalue weighted by Crippen LogP contribution is -2.75. The molecule has 0 aromatic carbocycles. The molecule has 98 valence electrons. The van der Waals surface area contributed by atoms with Crippen LogP contribution in [0.2, 0.25) is 0 Å². The summed E-state index contributed by atoms with van der Waals surface area (Å²) < 4.78 is 11.3. The third-order valence-corrected chi connectivity index (χ3v) is 4.32. The van der Waals surface area contributed by atoms with Crippen LogP contribution in [0.15, 0.2) is 0 Å². The highest BCUT2D eigenvalue weighted by atomic mass is 16.5. The van der Waals surface area contributed by atoms with Crippen molar-refractivity contribution in [3.63, 3.8) is 0 Å². The molecule has 1 spiro atoms. The molecule has 4 heteroatoms. The topological polar surface area (TPSA) is 24.9 Å². The molecule has 3 saturated heterocycles. The predicted molar refractivity (Wildman–Crippen MR) is 66.2 cm³/mol. The van der Waals surface area contributed by atoms with Crippen molar-refractivity contribution in [3.05, 3.63) is 0 Å². The van der Waals surface area contributed by atoms with Gasteiger partial charge in [0.2, 0.25) is 0 Å². The molecule has 3 rings (SSSR count). The van der Waals surface area contributed by atoms with Crippen LogP contribution in [0.1, 0.15) is 20.8 Å². The summed E-state index contributed by atoms with van der Waals surface area (Å²) in [6, 6.07) is 0.661. The third kappa shape index (κ3) is 2.12. The third-order valence-electron chi connectivity index (χ3n) is 4.32. The maximum Gasteiger partial charge on any atom is 0.106 e. The quantitative estimate of drug-likeness (QED) is 0.669. The van der Waals surface area contributed by atoms with Crippen molar-refractivity contribution in [2.24, 2.45) is 0 Å². The van der Waals surface area contributed by atoms with E-state index in [9.17, 15) is 0 Å². The Morgan fingerprint density at radius 1 is 1.12 bits per heavy atom. The highest BCUT2D eigenvalue weighted by Crippen LogP contribution is 2.34. The summed E-state index contributed by atoms with van der Waals surface area (Å²) in [5, 5.41) is 0. The maximum atomic E-state index is 6.05. The van der Waals surface area contributed by atoms with Crippen LogP contribution < -0.4 is 0 Å². The zero-order chi connectivity index (χ0) is 12.1. The van der Waals surface area contributed by atoms with Gasteiger partial charge in [-0.3, -0.25) is 9.80 Å². The van der Waals surface area contributed by atoms with Gasteiger partial charge in [0.15, 0.2) is 0 Å². The van der Waals surface area contributed by atoms with Gasteiger partial charge in [-0.25, -0.2) is 0 Å². The summed E-state index contributed by atoms with van der Waals surface area (Å²) in [6.45, 7) is 13.9. The molecule has 0 N–H and O–H groups in total. The van der Waals surface area contributed by atoms with Gasteiger partial charge in [-0.1, -0.05) is 0 Å². The Kier molecular flexibility index (Phi) is 2.74. The average Bonchev–Trinajstić information content (AvgIpc) is 2.12. The average molecular weight is 240 g/mol. The molecule has 3 heterocycles. The van der Waals surface area contributed by atoms with Crippen molar-refractivity contribution in [2.45, 2.75) is 38.0 Å². The van der Waals surface area contributed by atoms with Crippen LogP contribution in [-0.4, -0.2) is 73.0 Å². The Morgan fingerprint density at radius 3 is 2.35 bits per heavy atom.